The van der Waals surface area contributed by atoms with Crippen LogP contribution in [0.5, 0.6) is 0 Å². The molecule has 2 aromatic heterocycles. The topological polar surface area (TPSA) is 98.7 Å². The third-order valence-electron chi connectivity index (χ3n) is 5.15. The molecule has 2 heterocycles. The predicted octanol–water partition coefficient (Wildman–Crippen LogP) is 2.71. The Morgan fingerprint density at radius 2 is 1.73 bits per heavy atom. The summed E-state index contributed by atoms with van der Waals surface area (Å²) in [5.74, 6) is 0.634. The van der Waals surface area contributed by atoms with Gasteiger partial charge in [0, 0.05) is 25.2 Å². The number of aryl methyl sites for hydroxylation is 2. The number of H-pyrrole nitrogens is 1. The molecule has 7 heteroatoms. The van der Waals surface area contributed by atoms with Crippen molar-refractivity contribution in [2.24, 2.45) is 0 Å². The lowest BCUT2D eigenvalue weighted by Gasteiger charge is -2.10. The number of hydrogen-bond donors (Lipinski definition) is 2. The minimum Gasteiger partial charge on any atom is -0.399 e. The minimum absolute atomic E-state index is 0.313. The van der Waals surface area contributed by atoms with Crippen molar-refractivity contribution in [3.8, 4) is 0 Å². The first-order valence-electron chi connectivity index (χ1n) is 10.2. The Balaban J connectivity index is 1.78. The van der Waals surface area contributed by atoms with Gasteiger partial charge in [0.15, 0.2) is 5.65 Å². The van der Waals surface area contributed by atoms with E-state index in [-0.39, 0.29) is 11.2 Å². The highest BCUT2D eigenvalue weighted by atomic mass is 16.2. The molecule has 0 aliphatic carbocycles. The molecular formula is C23H25N5O2. The Morgan fingerprint density at radius 1 is 0.967 bits per heavy atom. The molecule has 30 heavy (non-hydrogen) atoms. The van der Waals surface area contributed by atoms with Gasteiger partial charge in [-0.25, -0.2) is 9.78 Å². The molecule has 0 bridgehead atoms. The Kier molecular flexibility index (Phi) is 5.52. The Morgan fingerprint density at radius 3 is 2.47 bits per heavy atom. The van der Waals surface area contributed by atoms with Gasteiger partial charge in [-0.15, -0.1) is 0 Å². The highest BCUT2D eigenvalue weighted by Gasteiger charge is 2.17. The predicted molar refractivity (Wildman–Crippen MR) is 119 cm³/mol. The molecule has 0 spiro atoms. The summed E-state index contributed by atoms with van der Waals surface area (Å²) in [6.45, 7) is 2.77. The molecule has 0 fully saturated rings. The smallest absolute Gasteiger partial charge is 0.332 e. The Bertz CT molecular complexity index is 1280. The van der Waals surface area contributed by atoms with Crippen LogP contribution in [0.3, 0.4) is 0 Å². The van der Waals surface area contributed by atoms with Crippen LogP contribution in [0.15, 0.2) is 64.2 Å². The van der Waals surface area contributed by atoms with Crippen molar-refractivity contribution >= 4 is 16.9 Å². The lowest BCUT2D eigenvalue weighted by Crippen LogP contribution is -2.40. The van der Waals surface area contributed by atoms with Crippen LogP contribution in [-0.2, 0) is 25.9 Å². The van der Waals surface area contributed by atoms with Crippen LogP contribution >= 0.6 is 0 Å². The Labute approximate surface area is 173 Å². The third kappa shape index (κ3) is 3.91. The summed E-state index contributed by atoms with van der Waals surface area (Å²) in [4.78, 5) is 33.8. The summed E-state index contributed by atoms with van der Waals surface area (Å²) >= 11 is 0. The van der Waals surface area contributed by atoms with E-state index in [1.54, 1.807) is 4.57 Å². The first kappa shape index (κ1) is 19.7. The standard InChI is InChI=1S/C23H25N5O2/c1-2-12-28-22(29)20-21(26-19(25-20)15-17-9-6-10-18(24)14-17)27(23(28)30)13-11-16-7-4-3-5-8-16/h3-10,14H,2,11-13,15,24H2,1H3,(H,25,26). The molecule has 0 aliphatic heterocycles. The van der Waals surface area contributed by atoms with E-state index >= 15 is 0 Å². The van der Waals surface area contributed by atoms with Crippen LogP contribution in [0.4, 0.5) is 5.69 Å². The van der Waals surface area contributed by atoms with E-state index in [1.165, 1.54) is 4.57 Å². The molecule has 0 unspecified atom stereocenters. The summed E-state index contributed by atoms with van der Waals surface area (Å²) in [6, 6.07) is 17.5. The molecule has 0 saturated carbocycles. The molecule has 0 amide bonds. The van der Waals surface area contributed by atoms with Crippen LogP contribution < -0.4 is 17.0 Å². The molecule has 7 nitrogen and oxygen atoms in total. The van der Waals surface area contributed by atoms with Gasteiger partial charge in [0.25, 0.3) is 5.56 Å². The maximum atomic E-state index is 13.1. The van der Waals surface area contributed by atoms with Crippen molar-refractivity contribution in [3.63, 3.8) is 0 Å². The Hall–Kier alpha value is -3.61. The van der Waals surface area contributed by atoms with Crippen LogP contribution in [0.1, 0.15) is 30.3 Å². The van der Waals surface area contributed by atoms with Gasteiger partial charge in [-0.2, -0.15) is 0 Å². The second-order valence-electron chi connectivity index (χ2n) is 7.43. The van der Waals surface area contributed by atoms with E-state index in [4.69, 9.17) is 5.73 Å². The maximum absolute atomic E-state index is 13.1. The van der Waals surface area contributed by atoms with Crippen molar-refractivity contribution < 1.29 is 0 Å². The normalized spacial score (nSPS) is 11.2. The molecule has 0 saturated heterocycles. The van der Waals surface area contributed by atoms with Gasteiger partial charge >= 0.3 is 5.69 Å². The van der Waals surface area contributed by atoms with Crippen LogP contribution in [0.2, 0.25) is 0 Å². The number of hydrogen-bond acceptors (Lipinski definition) is 4. The number of rotatable bonds is 7. The number of nitrogen functional groups attached to an aromatic ring is 1. The quantitative estimate of drug-likeness (QED) is 0.464. The largest absolute Gasteiger partial charge is 0.399 e. The fourth-order valence-corrected chi connectivity index (χ4v) is 3.70. The zero-order valence-electron chi connectivity index (χ0n) is 17.0. The molecule has 154 valence electrons. The highest BCUT2D eigenvalue weighted by Crippen LogP contribution is 2.14. The number of nitrogens with zero attached hydrogens (tertiary/aromatic N) is 3. The van der Waals surface area contributed by atoms with E-state index in [0.29, 0.717) is 55.0 Å². The number of imidazole rings is 1. The van der Waals surface area contributed by atoms with Crippen molar-refractivity contribution in [2.75, 3.05) is 5.73 Å². The molecule has 0 aliphatic rings. The summed E-state index contributed by atoms with van der Waals surface area (Å²) in [7, 11) is 0. The fourth-order valence-electron chi connectivity index (χ4n) is 3.70. The van der Waals surface area contributed by atoms with Crippen molar-refractivity contribution in [2.45, 2.75) is 39.3 Å². The zero-order chi connectivity index (χ0) is 21.1. The number of anilines is 1. The monoisotopic (exact) mass is 403 g/mol. The van der Waals surface area contributed by atoms with Crippen molar-refractivity contribution in [1.29, 1.82) is 0 Å². The zero-order valence-corrected chi connectivity index (χ0v) is 17.0. The average molecular weight is 403 g/mol. The second kappa shape index (κ2) is 8.41. The van der Waals surface area contributed by atoms with Gasteiger partial charge in [0.2, 0.25) is 0 Å². The molecule has 0 radical (unpaired) electrons. The van der Waals surface area contributed by atoms with Gasteiger partial charge in [-0.05, 0) is 36.1 Å². The summed E-state index contributed by atoms with van der Waals surface area (Å²) in [6.07, 6.45) is 1.88. The molecule has 3 N–H and O–H groups in total. The van der Waals surface area contributed by atoms with E-state index in [0.717, 1.165) is 11.1 Å². The highest BCUT2D eigenvalue weighted by molar-refractivity contribution is 5.70. The lowest BCUT2D eigenvalue weighted by atomic mass is 10.1. The molecule has 4 rings (SSSR count). The van der Waals surface area contributed by atoms with E-state index < -0.39 is 0 Å². The SMILES string of the molecule is CCCn1c(=O)c2[nH]c(Cc3cccc(N)c3)nc2n(CCc2ccccc2)c1=O. The summed E-state index contributed by atoms with van der Waals surface area (Å²) in [5.41, 5.74) is 8.81. The van der Waals surface area contributed by atoms with Gasteiger partial charge in [-0.3, -0.25) is 13.9 Å². The number of nitrogens with one attached hydrogen (secondary N) is 1. The number of fused-ring (bicyclic) bond motifs is 1. The molecule has 4 aromatic rings. The van der Waals surface area contributed by atoms with Crippen LogP contribution in [0, 0.1) is 0 Å². The van der Waals surface area contributed by atoms with E-state index in [2.05, 4.69) is 9.97 Å². The number of nitrogens with two attached hydrogens (primary N) is 1. The van der Waals surface area contributed by atoms with E-state index in [9.17, 15) is 9.59 Å². The maximum Gasteiger partial charge on any atom is 0.332 e. The van der Waals surface area contributed by atoms with Crippen LogP contribution in [0.25, 0.3) is 11.2 Å². The number of aromatic amines is 1. The first-order valence-corrected chi connectivity index (χ1v) is 10.2. The third-order valence-corrected chi connectivity index (χ3v) is 5.15. The van der Waals surface area contributed by atoms with Crippen molar-refractivity contribution in [3.05, 3.63) is 92.4 Å². The van der Waals surface area contributed by atoms with E-state index in [1.807, 2.05) is 61.5 Å². The lowest BCUT2D eigenvalue weighted by molar-refractivity contribution is 0.559. The van der Waals surface area contributed by atoms with Gasteiger partial charge < -0.3 is 10.7 Å². The average Bonchev–Trinajstić information content (AvgIpc) is 3.15. The first-order chi connectivity index (χ1) is 14.6. The fraction of sp³-hybridized carbons (Fsp3) is 0.261. The number of aromatic nitrogens is 4. The van der Waals surface area contributed by atoms with Gasteiger partial charge in [0.1, 0.15) is 11.3 Å². The minimum atomic E-state index is -0.320. The number of benzene rings is 2. The van der Waals surface area contributed by atoms with Gasteiger partial charge in [-0.1, -0.05) is 49.4 Å². The summed E-state index contributed by atoms with van der Waals surface area (Å²) in [5, 5.41) is 0. The summed E-state index contributed by atoms with van der Waals surface area (Å²) < 4.78 is 2.91. The molecular weight excluding hydrogens is 378 g/mol. The van der Waals surface area contributed by atoms with Crippen molar-refractivity contribution in [1.82, 2.24) is 19.1 Å². The molecule has 0 atom stereocenters. The van der Waals surface area contributed by atoms with Gasteiger partial charge in [0.05, 0.1) is 0 Å². The molecule has 2 aromatic carbocycles. The second-order valence-corrected chi connectivity index (χ2v) is 7.43. The van der Waals surface area contributed by atoms with Crippen LogP contribution in [-0.4, -0.2) is 19.1 Å².